The van der Waals surface area contributed by atoms with Crippen molar-refractivity contribution < 1.29 is 22.5 Å². The van der Waals surface area contributed by atoms with Gasteiger partial charge >= 0.3 is 0 Å². The maximum atomic E-state index is 12.5. The molecule has 0 radical (unpaired) electrons. The molecule has 2 aromatic rings. The standard InChI is InChI=1S/C18H23N3O4S/c1-20(13-16-5-4-12-25-16)14-18(22)19-15-6-8-17(9-7-15)26(23,24)21-10-2-3-11-21/h4-9,12H,2-3,10-11,13-14H2,1H3,(H,19,22)/p+1. The smallest absolute Gasteiger partial charge is 0.279 e. The molecule has 2 N–H and O–H groups in total. The zero-order valence-corrected chi connectivity index (χ0v) is 15.6. The summed E-state index contributed by atoms with van der Waals surface area (Å²) in [5.74, 6) is 0.691. The Hall–Kier alpha value is -2.16. The Labute approximate surface area is 153 Å². The fraction of sp³-hybridized carbons (Fsp3) is 0.389. The number of sulfonamides is 1. The minimum atomic E-state index is -3.43. The molecule has 0 aliphatic carbocycles. The Morgan fingerprint density at radius 2 is 1.88 bits per heavy atom. The van der Waals surface area contributed by atoms with Gasteiger partial charge in [0, 0.05) is 18.8 Å². The van der Waals surface area contributed by atoms with Crippen LogP contribution < -0.4 is 10.2 Å². The number of carbonyl (C=O) groups is 1. The Bertz CT molecular complexity index is 826. The molecule has 26 heavy (non-hydrogen) atoms. The monoisotopic (exact) mass is 378 g/mol. The summed E-state index contributed by atoms with van der Waals surface area (Å²) in [5, 5.41) is 2.80. The second kappa shape index (κ2) is 8.03. The van der Waals surface area contributed by atoms with E-state index in [9.17, 15) is 13.2 Å². The second-order valence-corrected chi connectivity index (χ2v) is 8.51. The van der Waals surface area contributed by atoms with Crippen LogP contribution in [0.25, 0.3) is 0 Å². The highest BCUT2D eigenvalue weighted by molar-refractivity contribution is 7.89. The van der Waals surface area contributed by atoms with Gasteiger partial charge in [-0.15, -0.1) is 0 Å². The molecule has 1 fully saturated rings. The van der Waals surface area contributed by atoms with Crippen molar-refractivity contribution in [2.24, 2.45) is 0 Å². The van der Waals surface area contributed by atoms with E-state index in [1.807, 2.05) is 19.2 Å². The Kier molecular flexibility index (Phi) is 5.75. The van der Waals surface area contributed by atoms with E-state index in [1.165, 1.54) is 4.31 Å². The number of amides is 1. The number of anilines is 1. The van der Waals surface area contributed by atoms with E-state index in [4.69, 9.17) is 4.42 Å². The van der Waals surface area contributed by atoms with Gasteiger partial charge < -0.3 is 14.6 Å². The van der Waals surface area contributed by atoms with Crippen molar-refractivity contribution in [1.29, 1.82) is 0 Å². The summed E-state index contributed by atoms with van der Waals surface area (Å²) in [7, 11) is -1.52. The van der Waals surface area contributed by atoms with E-state index in [2.05, 4.69) is 5.32 Å². The number of hydrogen-bond donors (Lipinski definition) is 2. The van der Waals surface area contributed by atoms with Crippen molar-refractivity contribution in [3.63, 3.8) is 0 Å². The lowest BCUT2D eigenvalue weighted by molar-refractivity contribution is -0.886. The molecule has 2 heterocycles. The molecule has 0 saturated carbocycles. The van der Waals surface area contributed by atoms with E-state index in [0.29, 0.717) is 25.3 Å². The third-order valence-corrected chi connectivity index (χ3v) is 6.27. The van der Waals surface area contributed by atoms with Gasteiger partial charge in [0.25, 0.3) is 5.91 Å². The van der Waals surface area contributed by atoms with Crippen LogP contribution in [0.4, 0.5) is 5.69 Å². The maximum absolute atomic E-state index is 12.5. The van der Waals surface area contributed by atoms with Crippen molar-refractivity contribution in [3.8, 4) is 0 Å². The first-order valence-corrected chi connectivity index (χ1v) is 10.1. The fourth-order valence-electron chi connectivity index (χ4n) is 3.04. The summed E-state index contributed by atoms with van der Waals surface area (Å²) >= 11 is 0. The first-order chi connectivity index (χ1) is 12.4. The van der Waals surface area contributed by atoms with Gasteiger partial charge in [-0.2, -0.15) is 4.31 Å². The molecule has 0 bridgehead atoms. The van der Waals surface area contributed by atoms with Crippen LogP contribution in [-0.4, -0.2) is 45.3 Å². The normalized spacial score (nSPS) is 16.5. The summed E-state index contributed by atoms with van der Waals surface area (Å²) < 4.78 is 31.8. The largest absolute Gasteiger partial charge is 0.463 e. The Morgan fingerprint density at radius 1 is 1.19 bits per heavy atom. The van der Waals surface area contributed by atoms with Gasteiger partial charge in [0.1, 0.15) is 6.54 Å². The molecule has 1 aliphatic heterocycles. The van der Waals surface area contributed by atoms with E-state index in [1.54, 1.807) is 30.5 Å². The lowest BCUT2D eigenvalue weighted by Gasteiger charge is -2.16. The molecule has 1 amide bonds. The fourth-order valence-corrected chi connectivity index (χ4v) is 4.56. The van der Waals surface area contributed by atoms with Gasteiger partial charge in [-0.3, -0.25) is 4.79 Å². The third-order valence-electron chi connectivity index (χ3n) is 4.36. The van der Waals surface area contributed by atoms with Crippen LogP contribution in [0.1, 0.15) is 18.6 Å². The number of carbonyl (C=O) groups excluding carboxylic acids is 1. The number of nitrogens with zero attached hydrogens (tertiary/aromatic N) is 1. The van der Waals surface area contributed by atoms with Gasteiger partial charge in [-0.1, -0.05) is 0 Å². The number of nitrogens with one attached hydrogen (secondary N) is 2. The predicted octanol–water partition coefficient (Wildman–Crippen LogP) is 0.718. The van der Waals surface area contributed by atoms with Crippen molar-refractivity contribution in [3.05, 3.63) is 48.4 Å². The van der Waals surface area contributed by atoms with Crippen molar-refractivity contribution in [2.75, 3.05) is 32.0 Å². The van der Waals surface area contributed by atoms with E-state index < -0.39 is 10.0 Å². The first-order valence-electron chi connectivity index (χ1n) is 8.69. The predicted molar refractivity (Wildman–Crippen MR) is 97.2 cm³/mol. The SMILES string of the molecule is C[NH+](CC(=O)Nc1ccc(S(=O)(=O)N2CCCC2)cc1)Cc1ccco1. The minimum Gasteiger partial charge on any atom is -0.463 e. The van der Waals surface area contributed by atoms with Crippen LogP contribution in [-0.2, 0) is 21.4 Å². The Morgan fingerprint density at radius 3 is 2.50 bits per heavy atom. The van der Waals surface area contributed by atoms with E-state index >= 15 is 0 Å². The molecular formula is C18H24N3O4S+. The molecule has 3 rings (SSSR count). The molecule has 1 aromatic carbocycles. The van der Waals surface area contributed by atoms with Gasteiger partial charge in [0.2, 0.25) is 10.0 Å². The molecule has 1 aliphatic rings. The quantitative estimate of drug-likeness (QED) is 0.744. The molecule has 7 nitrogen and oxygen atoms in total. The van der Waals surface area contributed by atoms with Gasteiger partial charge in [-0.05, 0) is 49.2 Å². The highest BCUT2D eigenvalue weighted by Gasteiger charge is 2.27. The maximum Gasteiger partial charge on any atom is 0.279 e. The molecule has 1 unspecified atom stereocenters. The van der Waals surface area contributed by atoms with Crippen LogP contribution >= 0.6 is 0 Å². The van der Waals surface area contributed by atoms with Crippen LogP contribution in [0.15, 0.2) is 52.0 Å². The molecular weight excluding hydrogens is 354 g/mol. The van der Waals surface area contributed by atoms with Crippen LogP contribution in [0, 0.1) is 0 Å². The average Bonchev–Trinajstić information content (AvgIpc) is 3.29. The summed E-state index contributed by atoms with van der Waals surface area (Å²) in [6.45, 7) is 2.05. The summed E-state index contributed by atoms with van der Waals surface area (Å²) in [4.78, 5) is 13.4. The number of benzene rings is 1. The van der Waals surface area contributed by atoms with E-state index in [-0.39, 0.29) is 17.3 Å². The van der Waals surface area contributed by atoms with Crippen molar-refractivity contribution in [2.45, 2.75) is 24.3 Å². The molecule has 140 valence electrons. The van der Waals surface area contributed by atoms with Crippen LogP contribution in [0.5, 0.6) is 0 Å². The Balaban J connectivity index is 1.56. The van der Waals surface area contributed by atoms with Gasteiger partial charge in [0.15, 0.2) is 12.3 Å². The second-order valence-electron chi connectivity index (χ2n) is 6.57. The highest BCUT2D eigenvalue weighted by Crippen LogP contribution is 2.22. The number of hydrogen-bond acceptors (Lipinski definition) is 4. The number of rotatable bonds is 7. The average molecular weight is 378 g/mol. The molecule has 8 heteroatoms. The lowest BCUT2D eigenvalue weighted by Crippen LogP contribution is -3.08. The third kappa shape index (κ3) is 4.51. The number of likely N-dealkylation sites (N-methyl/N-ethyl adjacent to an activating group) is 1. The molecule has 1 aromatic heterocycles. The zero-order chi connectivity index (χ0) is 18.6. The lowest BCUT2D eigenvalue weighted by atomic mass is 10.3. The van der Waals surface area contributed by atoms with E-state index in [0.717, 1.165) is 23.5 Å². The topological polar surface area (TPSA) is 84.1 Å². The summed E-state index contributed by atoms with van der Waals surface area (Å²) in [6.07, 6.45) is 3.42. The van der Waals surface area contributed by atoms with Crippen LogP contribution in [0.2, 0.25) is 0 Å². The van der Waals surface area contributed by atoms with Gasteiger partial charge in [-0.25, -0.2) is 8.42 Å². The molecule has 1 saturated heterocycles. The first kappa shape index (κ1) is 18.6. The zero-order valence-electron chi connectivity index (χ0n) is 14.8. The summed E-state index contributed by atoms with van der Waals surface area (Å²) in [5.41, 5.74) is 0.584. The molecule has 1 atom stereocenters. The van der Waals surface area contributed by atoms with Crippen molar-refractivity contribution in [1.82, 2.24) is 4.31 Å². The van der Waals surface area contributed by atoms with Crippen molar-refractivity contribution >= 4 is 21.6 Å². The molecule has 0 spiro atoms. The van der Waals surface area contributed by atoms with Crippen LogP contribution in [0.3, 0.4) is 0 Å². The highest BCUT2D eigenvalue weighted by atomic mass is 32.2. The summed E-state index contributed by atoms with van der Waals surface area (Å²) in [6, 6.07) is 10.0. The number of quaternary nitrogens is 1. The minimum absolute atomic E-state index is 0.135. The number of furan rings is 1. The van der Waals surface area contributed by atoms with Gasteiger partial charge in [0.05, 0.1) is 18.2 Å².